The summed E-state index contributed by atoms with van der Waals surface area (Å²) in [7, 11) is 0. The summed E-state index contributed by atoms with van der Waals surface area (Å²) in [5.74, 6) is 3.64. The summed E-state index contributed by atoms with van der Waals surface area (Å²) in [5.41, 5.74) is 1.27. The summed E-state index contributed by atoms with van der Waals surface area (Å²) in [6.45, 7) is 8.82. The number of morpholine rings is 1. The van der Waals surface area contributed by atoms with Crippen LogP contribution >= 0.6 is 11.3 Å². The van der Waals surface area contributed by atoms with Gasteiger partial charge in [-0.3, -0.25) is 9.69 Å². The van der Waals surface area contributed by atoms with Crippen LogP contribution in [0.1, 0.15) is 44.9 Å². The Labute approximate surface area is 225 Å². The molecular formula is C29H41N5O2S. The maximum atomic E-state index is 12.1. The zero-order valence-corrected chi connectivity index (χ0v) is 22.8. The second-order valence-corrected chi connectivity index (χ2v) is 12.2. The van der Waals surface area contributed by atoms with E-state index >= 15 is 0 Å². The molecule has 4 aliphatic rings. The average molecular weight is 524 g/mol. The van der Waals surface area contributed by atoms with Crippen LogP contribution in [-0.4, -0.2) is 80.9 Å². The van der Waals surface area contributed by atoms with E-state index in [-0.39, 0.29) is 0 Å². The smallest absolute Gasteiger partial charge is 0.223 e. The first-order valence-corrected chi connectivity index (χ1v) is 15.3. The third kappa shape index (κ3) is 6.47. The molecule has 0 aromatic carbocycles. The maximum Gasteiger partial charge on any atom is 0.223 e. The Bertz CT molecular complexity index is 1020. The molecule has 1 N–H and O–H groups in total. The van der Waals surface area contributed by atoms with Gasteiger partial charge in [0.2, 0.25) is 5.91 Å². The number of carbonyl (C=O) groups is 1. The molecule has 0 atom stereocenters. The number of piperazine rings is 1. The van der Waals surface area contributed by atoms with E-state index in [1.165, 1.54) is 36.2 Å². The summed E-state index contributed by atoms with van der Waals surface area (Å²) in [5, 5.41) is 5.45. The van der Waals surface area contributed by atoms with E-state index in [2.05, 4.69) is 49.7 Å². The lowest BCUT2D eigenvalue weighted by Gasteiger charge is -2.37. The highest BCUT2D eigenvalue weighted by molar-refractivity contribution is 7.13. The van der Waals surface area contributed by atoms with E-state index in [1.54, 1.807) is 11.3 Å². The molecule has 2 aliphatic heterocycles. The van der Waals surface area contributed by atoms with Gasteiger partial charge in [0.1, 0.15) is 11.6 Å². The number of ether oxygens (including phenoxy) is 1. The quantitative estimate of drug-likeness (QED) is 0.559. The van der Waals surface area contributed by atoms with Crippen LogP contribution in [0.25, 0.3) is 10.4 Å². The minimum atomic E-state index is 0.314. The number of thiophene rings is 1. The third-order valence-corrected chi connectivity index (χ3v) is 9.55. The molecule has 0 unspecified atom stereocenters. The average Bonchev–Trinajstić information content (AvgIpc) is 3.67. The van der Waals surface area contributed by atoms with Crippen LogP contribution in [0, 0.1) is 11.8 Å². The summed E-state index contributed by atoms with van der Waals surface area (Å²) < 4.78 is 5.58. The van der Waals surface area contributed by atoms with Crippen molar-refractivity contribution in [2.45, 2.75) is 51.0 Å². The first kappa shape index (κ1) is 25.1. The molecule has 37 heavy (non-hydrogen) atoms. The maximum absolute atomic E-state index is 12.1. The number of amides is 1. The fourth-order valence-electron chi connectivity index (χ4n) is 6.03. The minimum absolute atomic E-state index is 0.314. The molecule has 200 valence electrons. The normalized spacial score (nSPS) is 25.3. The van der Waals surface area contributed by atoms with Crippen LogP contribution in [0.15, 0.2) is 29.6 Å². The largest absolute Gasteiger partial charge is 0.378 e. The molecule has 2 aliphatic carbocycles. The summed E-state index contributed by atoms with van der Waals surface area (Å²) >= 11 is 1.80. The van der Waals surface area contributed by atoms with Crippen molar-refractivity contribution in [3.63, 3.8) is 0 Å². The minimum Gasteiger partial charge on any atom is -0.378 e. The van der Waals surface area contributed by atoms with Gasteiger partial charge in [0.25, 0.3) is 0 Å². The van der Waals surface area contributed by atoms with Gasteiger partial charge in [-0.1, -0.05) is 6.07 Å². The molecule has 0 bridgehead atoms. The number of anilines is 2. The molecule has 4 fully saturated rings. The van der Waals surface area contributed by atoms with Gasteiger partial charge < -0.3 is 19.9 Å². The Morgan fingerprint density at radius 2 is 1.65 bits per heavy atom. The first-order valence-electron chi connectivity index (χ1n) is 14.4. The highest BCUT2D eigenvalue weighted by Crippen LogP contribution is 2.33. The fraction of sp³-hybridized carbons (Fsp3) is 0.655. The molecule has 7 nitrogen and oxygen atoms in total. The molecule has 1 amide bonds. The van der Waals surface area contributed by atoms with Crippen LogP contribution in [0.2, 0.25) is 0 Å². The van der Waals surface area contributed by atoms with Gasteiger partial charge >= 0.3 is 0 Å². The Morgan fingerprint density at radius 1 is 0.946 bits per heavy atom. The Morgan fingerprint density at radius 3 is 2.30 bits per heavy atom. The van der Waals surface area contributed by atoms with Gasteiger partial charge in [-0.2, -0.15) is 0 Å². The number of nitrogens with zero attached hydrogens (tertiary/aromatic N) is 4. The number of aromatic nitrogens is 1. The van der Waals surface area contributed by atoms with Crippen molar-refractivity contribution in [1.29, 1.82) is 0 Å². The van der Waals surface area contributed by atoms with Crippen LogP contribution < -0.4 is 15.1 Å². The van der Waals surface area contributed by atoms with Crippen LogP contribution in [0.4, 0.5) is 11.6 Å². The predicted molar refractivity (Wildman–Crippen MR) is 150 cm³/mol. The first-order chi connectivity index (χ1) is 18.2. The number of hydrogen-bond donors (Lipinski definition) is 1. The zero-order chi connectivity index (χ0) is 25.0. The second-order valence-electron chi connectivity index (χ2n) is 11.3. The molecule has 0 spiro atoms. The number of nitrogens with one attached hydrogen (secondary N) is 1. The SMILES string of the molecule is O=C(NC1CCC(CCN2CCN(c3cc(-c4cccs4)cc(N4CCOCC4)n3)CC2)CC1)C1CC1. The van der Waals surface area contributed by atoms with Gasteiger partial charge in [0.05, 0.1) is 13.2 Å². The van der Waals surface area contributed by atoms with Crippen molar-refractivity contribution in [1.82, 2.24) is 15.2 Å². The molecule has 6 rings (SSSR count). The Hall–Kier alpha value is -2.16. The number of rotatable bonds is 8. The van der Waals surface area contributed by atoms with Crippen LogP contribution in [0.3, 0.4) is 0 Å². The number of hydrogen-bond acceptors (Lipinski definition) is 7. The van der Waals surface area contributed by atoms with Crippen molar-refractivity contribution < 1.29 is 9.53 Å². The van der Waals surface area contributed by atoms with Gasteiger partial charge in [0.15, 0.2) is 0 Å². The standard InChI is InChI=1S/C29H41N5O2S/c35-29(23-5-6-23)30-25-7-3-22(4-8-25)9-10-32-11-13-33(14-12-32)27-20-24(26-2-1-19-37-26)21-28(31-27)34-15-17-36-18-16-34/h1-2,19-23,25H,3-18H2,(H,30,35). The van der Waals surface area contributed by atoms with Crippen LogP contribution in [0.5, 0.6) is 0 Å². The number of carbonyl (C=O) groups excluding carboxylic acids is 1. The Balaban J connectivity index is 1.00. The lowest BCUT2D eigenvalue weighted by atomic mass is 9.84. The molecule has 8 heteroatoms. The molecule has 2 aromatic heterocycles. The molecule has 2 saturated heterocycles. The Kier molecular flexibility index (Phi) is 7.95. The molecule has 4 heterocycles. The number of pyridine rings is 1. The third-order valence-electron chi connectivity index (χ3n) is 8.63. The summed E-state index contributed by atoms with van der Waals surface area (Å²) in [6, 6.07) is 9.30. The van der Waals surface area contributed by atoms with Crippen LogP contribution in [-0.2, 0) is 9.53 Å². The topological polar surface area (TPSA) is 60.9 Å². The monoisotopic (exact) mass is 523 g/mol. The fourth-order valence-corrected chi connectivity index (χ4v) is 6.74. The highest BCUT2D eigenvalue weighted by Gasteiger charge is 2.32. The van der Waals surface area contributed by atoms with E-state index in [0.29, 0.717) is 17.9 Å². The van der Waals surface area contributed by atoms with Crippen molar-refractivity contribution >= 4 is 28.9 Å². The molecular weight excluding hydrogens is 482 g/mol. The molecule has 0 radical (unpaired) electrons. The van der Waals surface area contributed by atoms with Gasteiger partial charge in [0, 0.05) is 56.1 Å². The van der Waals surface area contributed by atoms with Crippen molar-refractivity contribution in [3.05, 3.63) is 29.6 Å². The second kappa shape index (κ2) is 11.7. The van der Waals surface area contributed by atoms with E-state index < -0.39 is 0 Å². The van der Waals surface area contributed by atoms with E-state index in [4.69, 9.17) is 9.72 Å². The summed E-state index contributed by atoms with van der Waals surface area (Å²) in [4.78, 5) is 26.0. The van der Waals surface area contributed by atoms with Crippen molar-refractivity contribution in [2.24, 2.45) is 11.8 Å². The lowest BCUT2D eigenvalue weighted by molar-refractivity contribution is -0.123. The molecule has 2 saturated carbocycles. The summed E-state index contributed by atoms with van der Waals surface area (Å²) in [6.07, 6.45) is 8.33. The zero-order valence-electron chi connectivity index (χ0n) is 21.9. The molecule has 2 aromatic rings. The van der Waals surface area contributed by atoms with Crippen molar-refractivity contribution in [2.75, 3.05) is 68.8 Å². The van der Waals surface area contributed by atoms with Gasteiger partial charge in [-0.15, -0.1) is 11.3 Å². The highest BCUT2D eigenvalue weighted by atomic mass is 32.1. The van der Waals surface area contributed by atoms with Crippen molar-refractivity contribution in [3.8, 4) is 10.4 Å². The van der Waals surface area contributed by atoms with Gasteiger partial charge in [-0.25, -0.2) is 4.98 Å². The predicted octanol–water partition coefficient (Wildman–Crippen LogP) is 4.24. The van der Waals surface area contributed by atoms with E-state index in [0.717, 1.165) is 95.7 Å². The van der Waals surface area contributed by atoms with Gasteiger partial charge in [-0.05, 0) is 86.6 Å². The lowest BCUT2D eigenvalue weighted by Crippen LogP contribution is -2.47. The van der Waals surface area contributed by atoms with E-state index in [1.807, 2.05) is 0 Å². The van der Waals surface area contributed by atoms with E-state index in [9.17, 15) is 4.79 Å².